The zero-order chi connectivity index (χ0) is 19.2. The number of imidazole rings is 1. The van der Waals surface area contributed by atoms with Crippen LogP contribution in [0, 0.1) is 6.92 Å². The van der Waals surface area contributed by atoms with Crippen LogP contribution in [0.2, 0.25) is 0 Å². The van der Waals surface area contributed by atoms with Crippen LogP contribution in [0.4, 0.5) is 0 Å². The highest BCUT2D eigenvalue weighted by Crippen LogP contribution is 2.39. The summed E-state index contributed by atoms with van der Waals surface area (Å²) in [5.74, 6) is 1.07. The van der Waals surface area contributed by atoms with E-state index in [4.69, 9.17) is 0 Å². The van der Waals surface area contributed by atoms with E-state index in [-0.39, 0.29) is 17.9 Å². The smallest absolute Gasteiger partial charge is 0.248 e. The number of nitrogens with one attached hydrogen (secondary N) is 1. The predicted octanol–water partition coefficient (Wildman–Crippen LogP) is 2.81. The number of carbonyl (C=O) groups is 2. The highest BCUT2D eigenvalue weighted by molar-refractivity contribution is 5.93. The van der Waals surface area contributed by atoms with Crippen LogP contribution < -0.4 is 0 Å². The summed E-state index contributed by atoms with van der Waals surface area (Å²) in [5, 5.41) is 0. The first kappa shape index (κ1) is 18.0. The topological polar surface area (TPSA) is 69.3 Å². The van der Waals surface area contributed by atoms with Crippen molar-refractivity contribution in [2.75, 3.05) is 13.1 Å². The predicted molar refractivity (Wildman–Crippen MR) is 104 cm³/mol. The molecule has 1 atom stereocenters. The largest absolute Gasteiger partial charge is 0.342 e. The summed E-state index contributed by atoms with van der Waals surface area (Å²) < 4.78 is 0. The fourth-order valence-electron chi connectivity index (χ4n) is 4.80. The number of hydrogen-bond acceptors (Lipinski definition) is 3. The second-order valence-corrected chi connectivity index (χ2v) is 8.23. The van der Waals surface area contributed by atoms with Crippen molar-refractivity contribution in [1.82, 2.24) is 19.8 Å². The first-order valence-corrected chi connectivity index (χ1v) is 9.97. The van der Waals surface area contributed by atoms with Crippen molar-refractivity contribution in [2.45, 2.75) is 64.5 Å². The number of piperidine rings is 1. The van der Waals surface area contributed by atoms with Crippen LogP contribution >= 0.6 is 0 Å². The van der Waals surface area contributed by atoms with E-state index in [1.165, 1.54) is 0 Å². The van der Waals surface area contributed by atoms with E-state index in [9.17, 15) is 9.59 Å². The molecule has 2 saturated heterocycles. The summed E-state index contributed by atoms with van der Waals surface area (Å²) in [7, 11) is 0. The minimum absolute atomic E-state index is 0.0574. The van der Waals surface area contributed by atoms with Crippen molar-refractivity contribution in [1.29, 1.82) is 0 Å². The zero-order valence-electron chi connectivity index (χ0n) is 16.4. The Kier molecular flexibility index (Phi) is 4.44. The molecule has 1 aromatic heterocycles. The Morgan fingerprint density at radius 1 is 1.26 bits per heavy atom. The Labute approximate surface area is 159 Å². The van der Waals surface area contributed by atoms with E-state index in [1.807, 2.05) is 34.9 Å². The highest BCUT2D eigenvalue weighted by atomic mass is 16.2. The van der Waals surface area contributed by atoms with E-state index >= 15 is 0 Å². The molecule has 1 aromatic carbocycles. The molecule has 2 aromatic rings. The van der Waals surface area contributed by atoms with Crippen LogP contribution in [0.1, 0.15) is 50.9 Å². The molecule has 3 heterocycles. The fourth-order valence-corrected chi connectivity index (χ4v) is 4.80. The van der Waals surface area contributed by atoms with Crippen molar-refractivity contribution in [3.63, 3.8) is 0 Å². The molecular weight excluding hydrogens is 340 g/mol. The molecule has 1 unspecified atom stereocenters. The minimum atomic E-state index is -0.617. The monoisotopic (exact) mass is 368 g/mol. The third kappa shape index (κ3) is 3.01. The van der Waals surface area contributed by atoms with Gasteiger partial charge in [0, 0.05) is 19.1 Å². The number of aromatic amines is 1. The minimum Gasteiger partial charge on any atom is -0.342 e. The molecule has 144 valence electrons. The van der Waals surface area contributed by atoms with Gasteiger partial charge in [-0.25, -0.2) is 4.98 Å². The number of nitrogens with zero attached hydrogens (tertiary/aromatic N) is 3. The van der Waals surface area contributed by atoms with Gasteiger partial charge in [0.2, 0.25) is 11.8 Å². The molecule has 6 heteroatoms. The lowest BCUT2D eigenvalue weighted by Crippen LogP contribution is -2.62. The Balaban J connectivity index is 1.57. The van der Waals surface area contributed by atoms with Crippen LogP contribution in [0.15, 0.2) is 18.2 Å². The molecule has 2 fully saturated rings. The average molecular weight is 368 g/mol. The fraction of sp³-hybridized carbons (Fsp3) is 0.571. The summed E-state index contributed by atoms with van der Waals surface area (Å²) in [6.45, 7) is 7.52. The van der Waals surface area contributed by atoms with E-state index in [0.717, 1.165) is 54.6 Å². The molecule has 0 saturated carbocycles. The number of aryl methyl sites for hydroxylation is 1. The number of amides is 2. The second-order valence-electron chi connectivity index (χ2n) is 8.23. The van der Waals surface area contributed by atoms with E-state index < -0.39 is 5.54 Å². The second kappa shape index (κ2) is 6.66. The van der Waals surface area contributed by atoms with Gasteiger partial charge in [-0.15, -0.1) is 0 Å². The van der Waals surface area contributed by atoms with Crippen molar-refractivity contribution in [3.05, 3.63) is 29.6 Å². The molecule has 0 radical (unpaired) electrons. The molecule has 2 amide bonds. The molecule has 6 nitrogen and oxygen atoms in total. The Bertz CT molecular complexity index is 887. The lowest BCUT2D eigenvalue weighted by Gasteiger charge is -2.46. The normalized spacial score (nSPS) is 23.2. The van der Waals surface area contributed by atoms with E-state index in [0.29, 0.717) is 13.0 Å². The summed E-state index contributed by atoms with van der Waals surface area (Å²) in [5.41, 5.74) is 2.21. The van der Waals surface area contributed by atoms with Gasteiger partial charge in [0.15, 0.2) is 0 Å². The standard InChI is InChI=1S/C21H28N4O2/c1-14(2)24-10-4-8-21(20(24)27)9-5-11-25(21)19(26)13-16-6-7-17-18(12-16)23-15(3)22-17/h6-7,12,14H,4-5,8-11,13H2,1-3H3,(H,22,23). The third-order valence-corrected chi connectivity index (χ3v) is 6.08. The van der Waals surface area contributed by atoms with Gasteiger partial charge >= 0.3 is 0 Å². The van der Waals surface area contributed by atoms with Crippen molar-refractivity contribution in [2.24, 2.45) is 0 Å². The Hall–Kier alpha value is -2.37. The molecule has 4 rings (SSSR count). The van der Waals surface area contributed by atoms with Gasteiger partial charge in [0.05, 0.1) is 17.5 Å². The van der Waals surface area contributed by atoms with Crippen LogP contribution in [0.5, 0.6) is 0 Å². The first-order valence-electron chi connectivity index (χ1n) is 9.97. The maximum atomic E-state index is 13.3. The van der Waals surface area contributed by atoms with Crippen LogP contribution in [0.3, 0.4) is 0 Å². The molecule has 27 heavy (non-hydrogen) atoms. The number of H-pyrrole nitrogens is 1. The molecule has 0 bridgehead atoms. The maximum Gasteiger partial charge on any atom is 0.248 e. The van der Waals surface area contributed by atoms with Gasteiger partial charge in [-0.1, -0.05) is 6.07 Å². The quantitative estimate of drug-likeness (QED) is 0.906. The van der Waals surface area contributed by atoms with E-state index in [2.05, 4.69) is 23.8 Å². The number of rotatable bonds is 3. The number of aromatic nitrogens is 2. The van der Waals surface area contributed by atoms with Gasteiger partial charge < -0.3 is 14.8 Å². The summed E-state index contributed by atoms with van der Waals surface area (Å²) >= 11 is 0. The SMILES string of the molecule is Cc1nc2ccc(CC(=O)N3CCCC34CCCN(C(C)C)C4=O)cc2[nH]1. The zero-order valence-corrected chi connectivity index (χ0v) is 16.4. The molecular formula is C21H28N4O2. The molecule has 2 aliphatic heterocycles. The molecule has 2 aliphatic rings. The third-order valence-electron chi connectivity index (χ3n) is 6.08. The van der Waals surface area contributed by atoms with Crippen molar-refractivity contribution >= 4 is 22.8 Å². The lowest BCUT2D eigenvalue weighted by atomic mass is 9.84. The number of likely N-dealkylation sites (tertiary alicyclic amines) is 2. The van der Waals surface area contributed by atoms with Gasteiger partial charge in [0.1, 0.15) is 11.4 Å². The number of fused-ring (bicyclic) bond motifs is 1. The average Bonchev–Trinajstić information content (AvgIpc) is 3.20. The first-order chi connectivity index (χ1) is 12.9. The number of benzene rings is 1. The Morgan fingerprint density at radius 3 is 2.74 bits per heavy atom. The van der Waals surface area contributed by atoms with Crippen LogP contribution in [0.25, 0.3) is 11.0 Å². The van der Waals surface area contributed by atoms with Gasteiger partial charge in [-0.05, 0) is 64.2 Å². The van der Waals surface area contributed by atoms with Gasteiger partial charge in [0.25, 0.3) is 0 Å². The maximum absolute atomic E-state index is 13.3. The van der Waals surface area contributed by atoms with Crippen LogP contribution in [-0.4, -0.2) is 56.3 Å². The lowest BCUT2D eigenvalue weighted by molar-refractivity contribution is -0.156. The summed E-state index contributed by atoms with van der Waals surface area (Å²) in [4.78, 5) is 37.9. The van der Waals surface area contributed by atoms with Gasteiger partial charge in [-0.2, -0.15) is 0 Å². The van der Waals surface area contributed by atoms with Crippen LogP contribution in [-0.2, 0) is 16.0 Å². The highest BCUT2D eigenvalue weighted by Gasteiger charge is 2.52. The Morgan fingerprint density at radius 2 is 2.00 bits per heavy atom. The molecule has 1 N–H and O–H groups in total. The molecule has 0 aliphatic carbocycles. The van der Waals surface area contributed by atoms with Crippen molar-refractivity contribution in [3.8, 4) is 0 Å². The van der Waals surface area contributed by atoms with Crippen molar-refractivity contribution < 1.29 is 9.59 Å². The molecule has 1 spiro atoms. The van der Waals surface area contributed by atoms with E-state index in [1.54, 1.807) is 0 Å². The number of hydrogen-bond donors (Lipinski definition) is 1. The number of carbonyl (C=O) groups excluding carboxylic acids is 2. The summed E-state index contributed by atoms with van der Waals surface area (Å²) in [6.07, 6.45) is 3.78. The summed E-state index contributed by atoms with van der Waals surface area (Å²) in [6, 6.07) is 6.09. The van der Waals surface area contributed by atoms with Gasteiger partial charge in [-0.3, -0.25) is 9.59 Å².